The Bertz CT molecular complexity index is 594. The van der Waals surface area contributed by atoms with E-state index in [1.165, 1.54) is 18.2 Å². The number of anilines is 1. The van der Waals surface area contributed by atoms with Gasteiger partial charge in [-0.15, -0.1) is 0 Å². The van der Waals surface area contributed by atoms with Crippen LogP contribution in [0.5, 0.6) is 0 Å². The lowest BCUT2D eigenvalue weighted by molar-refractivity contribution is -0.384. The van der Waals surface area contributed by atoms with Crippen LogP contribution in [0.4, 0.5) is 17.1 Å². The summed E-state index contributed by atoms with van der Waals surface area (Å²) in [6.45, 7) is 0. The molecule has 0 aromatic heterocycles. The quantitative estimate of drug-likeness (QED) is 0.388. The SMILES string of the molecule is Nc1ccc([N+](=O)[O-])cc1N=Cc1ccccc1. The summed E-state index contributed by atoms with van der Waals surface area (Å²) < 4.78 is 0. The third-order valence-corrected chi connectivity index (χ3v) is 2.38. The molecular formula is C13H11N3O2. The van der Waals surface area contributed by atoms with E-state index < -0.39 is 4.92 Å². The van der Waals surface area contributed by atoms with Crippen LogP contribution in [-0.2, 0) is 0 Å². The number of nitrogen functional groups attached to an aromatic ring is 1. The second-order valence-electron chi connectivity index (χ2n) is 3.67. The Morgan fingerprint density at radius 1 is 1.17 bits per heavy atom. The van der Waals surface area contributed by atoms with Crippen LogP contribution in [-0.4, -0.2) is 11.1 Å². The molecule has 5 heteroatoms. The van der Waals surface area contributed by atoms with Gasteiger partial charge in [-0.05, 0) is 11.6 Å². The maximum absolute atomic E-state index is 10.7. The minimum atomic E-state index is -0.471. The van der Waals surface area contributed by atoms with Crippen LogP contribution in [0.25, 0.3) is 0 Å². The van der Waals surface area contributed by atoms with E-state index in [0.717, 1.165) is 5.56 Å². The predicted octanol–water partition coefficient (Wildman–Crippen LogP) is 2.93. The Labute approximate surface area is 104 Å². The molecule has 90 valence electrons. The fourth-order valence-electron chi connectivity index (χ4n) is 1.44. The van der Waals surface area contributed by atoms with E-state index in [-0.39, 0.29) is 5.69 Å². The fourth-order valence-corrected chi connectivity index (χ4v) is 1.44. The van der Waals surface area contributed by atoms with Crippen molar-refractivity contribution in [2.24, 2.45) is 4.99 Å². The Hall–Kier alpha value is -2.69. The second-order valence-corrected chi connectivity index (χ2v) is 3.67. The molecule has 2 rings (SSSR count). The highest BCUT2D eigenvalue weighted by Gasteiger charge is 2.07. The normalized spacial score (nSPS) is 10.7. The molecule has 0 radical (unpaired) electrons. The molecule has 0 amide bonds. The molecule has 2 aromatic rings. The standard InChI is InChI=1S/C13H11N3O2/c14-12-7-6-11(16(17)18)8-13(12)15-9-10-4-2-1-3-5-10/h1-9H,14H2. The van der Waals surface area contributed by atoms with Crippen molar-refractivity contribution in [3.63, 3.8) is 0 Å². The number of benzene rings is 2. The van der Waals surface area contributed by atoms with Crippen molar-refractivity contribution in [2.75, 3.05) is 5.73 Å². The molecule has 0 saturated heterocycles. The zero-order chi connectivity index (χ0) is 13.0. The third-order valence-electron chi connectivity index (χ3n) is 2.38. The van der Waals surface area contributed by atoms with Gasteiger partial charge in [0.2, 0.25) is 0 Å². The van der Waals surface area contributed by atoms with Gasteiger partial charge >= 0.3 is 0 Å². The molecular weight excluding hydrogens is 230 g/mol. The lowest BCUT2D eigenvalue weighted by Crippen LogP contribution is -1.91. The van der Waals surface area contributed by atoms with Crippen LogP contribution in [0.3, 0.4) is 0 Å². The van der Waals surface area contributed by atoms with Crippen LogP contribution in [0.1, 0.15) is 5.56 Å². The van der Waals surface area contributed by atoms with E-state index in [2.05, 4.69) is 4.99 Å². The summed E-state index contributed by atoms with van der Waals surface area (Å²) in [4.78, 5) is 14.3. The monoisotopic (exact) mass is 241 g/mol. The number of hydrogen-bond donors (Lipinski definition) is 1. The van der Waals surface area contributed by atoms with Crippen molar-refractivity contribution in [2.45, 2.75) is 0 Å². The minimum Gasteiger partial charge on any atom is -0.397 e. The molecule has 2 N–H and O–H groups in total. The van der Waals surface area contributed by atoms with Gasteiger partial charge in [-0.25, -0.2) is 0 Å². The Balaban J connectivity index is 2.31. The maximum atomic E-state index is 10.7. The van der Waals surface area contributed by atoms with Gasteiger partial charge in [0.25, 0.3) is 5.69 Å². The Morgan fingerprint density at radius 2 is 1.89 bits per heavy atom. The van der Waals surface area contributed by atoms with Crippen LogP contribution in [0.2, 0.25) is 0 Å². The van der Waals surface area contributed by atoms with Gasteiger partial charge in [-0.2, -0.15) is 0 Å². The molecule has 18 heavy (non-hydrogen) atoms. The van der Waals surface area contributed by atoms with Gasteiger partial charge < -0.3 is 5.73 Å². The molecule has 0 atom stereocenters. The highest BCUT2D eigenvalue weighted by molar-refractivity contribution is 5.84. The lowest BCUT2D eigenvalue weighted by Gasteiger charge is -1.99. The van der Waals surface area contributed by atoms with Gasteiger partial charge in [0.05, 0.1) is 16.3 Å². The summed E-state index contributed by atoms with van der Waals surface area (Å²) in [6, 6.07) is 13.6. The largest absolute Gasteiger partial charge is 0.397 e. The molecule has 5 nitrogen and oxygen atoms in total. The van der Waals surface area contributed by atoms with Crippen molar-refractivity contribution in [3.05, 3.63) is 64.2 Å². The molecule has 0 saturated carbocycles. The van der Waals surface area contributed by atoms with Crippen molar-refractivity contribution >= 4 is 23.3 Å². The number of non-ortho nitro benzene ring substituents is 1. The molecule has 0 aliphatic carbocycles. The van der Waals surface area contributed by atoms with Crippen LogP contribution in [0, 0.1) is 10.1 Å². The number of nitrogens with zero attached hydrogens (tertiary/aromatic N) is 2. The Kier molecular flexibility index (Phi) is 3.33. The molecule has 0 aliphatic rings. The number of nitro benzene ring substituents is 1. The fraction of sp³-hybridized carbons (Fsp3) is 0. The molecule has 0 fully saturated rings. The third kappa shape index (κ3) is 2.70. The summed E-state index contributed by atoms with van der Waals surface area (Å²) >= 11 is 0. The van der Waals surface area contributed by atoms with Gasteiger partial charge in [0.1, 0.15) is 0 Å². The lowest BCUT2D eigenvalue weighted by atomic mass is 10.2. The number of rotatable bonds is 3. The van der Waals surface area contributed by atoms with Gasteiger partial charge in [-0.1, -0.05) is 30.3 Å². The predicted molar refractivity (Wildman–Crippen MR) is 71.2 cm³/mol. The molecule has 0 aliphatic heterocycles. The first kappa shape index (κ1) is 11.8. The molecule has 0 unspecified atom stereocenters. The van der Waals surface area contributed by atoms with Crippen LogP contribution in [0.15, 0.2) is 53.5 Å². The van der Waals surface area contributed by atoms with Crippen molar-refractivity contribution < 1.29 is 4.92 Å². The van der Waals surface area contributed by atoms with E-state index in [9.17, 15) is 10.1 Å². The summed E-state index contributed by atoms with van der Waals surface area (Å²) in [5, 5.41) is 10.7. The second kappa shape index (κ2) is 5.09. The number of hydrogen-bond acceptors (Lipinski definition) is 4. The first-order valence-electron chi connectivity index (χ1n) is 5.30. The average Bonchev–Trinajstić information content (AvgIpc) is 2.38. The maximum Gasteiger partial charge on any atom is 0.271 e. The average molecular weight is 241 g/mol. The summed E-state index contributed by atoms with van der Waals surface area (Å²) in [5.74, 6) is 0. The highest BCUT2D eigenvalue weighted by Crippen LogP contribution is 2.26. The summed E-state index contributed by atoms with van der Waals surface area (Å²) in [6.07, 6.45) is 1.62. The van der Waals surface area contributed by atoms with Gasteiger partial charge in [-0.3, -0.25) is 15.1 Å². The van der Waals surface area contributed by atoms with Crippen molar-refractivity contribution in [1.29, 1.82) is 0 Å². The summed E-state index contributed by atoms with van der Waals surface area (Å²) in [7, 11) is 0. The number of nitro groups is 1. The Morgan fingerprint density at radius 3 is 2.56 bits per heavy atom. The van der Waals surface area contributed by atoms with E-state index in [1.807, 2.05) is 30.3 Å². The first-order chi connectivity index (χ1) is 8.66. The van der Waals surface area contributed by atoms with Crippen molar-refractivity contribution in [1.82, 2.24) is 0 Å². The van der Waals surface area contributed by atoms with Crippen LogP contribution >= 0.6 is 0 Å². The minimum absolute atomic E-state index is 0.0237. The number of aliphatic imine (C=N–C) groups is 1. The van der Waals surface area contributed by atoms with E-state index in [0.29, 0.717) is 11.4 Å². The highest BCUT2D eigenvalue weighted by atomic mass is 16.6. The molecule has 0 bridgehead atoms. The zero-order valence-corrected chi connectivity index (χ0v) is 9.48. The molecule has 0 spiro atoms. The zero-order valence-electron chi connectivity index (χ0n) is 9.48. The van der Waals surface area contributed by atoms with Crippen LogP contribution < -0.4 is 5.73 Å². The van der Waals surface area contributed by atoms with Gasteiger partial charge in [0, 0.05) is 18.3 Å². The number of nitrogens with two attached hydrogens (primary N) is 1. The molecule has 0 heterocycles. The molecule has 2 aromatic carbocycles. The van der Waals surface area contributed by atoms with Crippen molar-refractivity contribution in [3.8, 4) is 0 Å². The topological polar surface area (TPSA) is 81.5 Å². The van der Waals surface area contributed by atoms with E-state index >= 15 is 0 Å². The van der Waals surface area contributed by atoms with E-state index in [4.69, 9.17) is 5.73 Å². The first-order valence-corrected chi connectivity index (χ1v) is 5.30. The smallest absolute Gasteiger partial charge is 0.271 e. The van der Waals surface area contributed by atoms with E-state index in [1.54, 1.807) is 6.21 Å². The van der Waals surface area contributed by atoms with Gasteiger partial charge in [0.15, 0.2) is 0 Å². The summed E-state index contributed by atoms with van der Waals surface area (Å²) in [5.41, 5.74) is 7.41.